The van der Waals surface area contributed by atoms with Crippen molar-refractivity contribution < 1.29 is 17.9 Å². The van der Waals surface area contributed by atoms with Crippen LogP contribution in [0.5, 0.6) is 5.75 Å². The molecule has 3 heterocycles. The second-order valence-corrected chi connectivity index (χ2v) is 10.1. The molecular weight excluding hydrogens is 444 g/mol. The molecular formula is C22H28N6O4S. The summed E-state index contributed by atoms with van der Waals surface area (Å²) in [7, 11) is -3.58. The number of carbonyl (C=O) groups is 1. The second kappa shape index (κ2) is 9.57. The number of sulfone groups is 1. The lowest BCUT2D eigenvalue weighted by Crippen LogP contribution is -2.10. The van der Waals surface area contributed by atoms with Crippen LogP contribution in [0.15, 0.2) is 41.7 Å². The minimum absolute atomic E-state index is 0.120. The fourth-order valence-corrected chi connectivity index (χ4v) is 3.59. The number of anilines is 3. The van der Waals surface area contributed by atoms with E-state index in [1.165, 1.54) is 13.0 Å². The van der Waals surface area contributed by atoms with Crippen LogP contribution in [0.25, 0.3) is 11.3 Å². The summed E-state index contributed by atoms with van der Waals surface area (Å²) in [5.41, 5.74) is 1.85. The van der Waals surface area contributed by atoms with Crippen molar-refractivity contribution in [3.63, 3.8) is 0 Å². The van der Waals surface area contributed by atoms with Gasteiger partial charge in [-0.1, -0.05) is 0 Å². The topological polar surface area (TPSA) is 128 Å². The van der Waals surface area contributed by atoms with Gasteiger partial charge >= 0.3 is 0 Å². The first-order chi connectivity index (χ1) is 15.4. The number of hydrogen-bond donors (Lipinski definition) is 2. The van der Waals surface area contributed by atoms with Gasteiger partial charge in [0, 0.05) is 55.4 Å². The molecule has 0 spiro atoms. The van der Waals surface area contributed by atoms with E-state index in [9.17, 15) is 13.2 Å². The SMILES string of the molecule is CC(=O)Nc1cc(Nc2cc(OC(C)C)cc(S(C)(=O)=O)n2)c(-c2ccn(C(C)C)n2)cn1. The Balaban J connectivity index is 2.11. The first-order valence-corrected chi connectivity index (χ1v) is 12.3. The molecule has 176 valence electrons. The van der Waals surface area contributed by atoms with E-state index >= 15 is 0 Å². The van der Waals surface area contributed by atoms with Crippen LogP contribution < -0.4 is 15.4 Å². The van der Waals surface area contributed by atoms with Crippen LogP contribution in [-0.2, 0) is 14.6 Å². The summed E-state index contributed by atoms with van der Waals surface area (Å²) >= 11 is 0. The van der Waals surface area contributed by atoms with E-state index in [0.29, 0.717) is 28.5 Å². The van der Waals surface area contributed by atoms with Crippen LogP contribution in [0.1, 0.15) is 40.7 Å². The van der Waals surface area contributed by atoms with Gasteiger partial charge in [-0.25, -0.2) is 18.4 Å². The Morgan fingerprint density at radius 2 is 1.85 bits per heavy atom. The Morgan fingerprint density at radius 3 is 2.42 bits per heavy atom. The largest absolute Gasteiger partial charge is 0.491 e. The van der Waals surface area contributed by atoms with Crippen molar-refractivity contribution in [3.05, 3.63) is 36.7 Å². The van der Waals surface area contributed by atoms with Gasteiger partial charge < -0.3 is 15.4 Å². The molecule has 10 nitrogen and oxygen atoms in total. The number of amides is 1. The van der Waals surface area contributed by atoms with Crippen molar-refractivity contribution in [2.75, 3.05) is 16.9 Å². The molecule has 0 fully saturated rings. The lowest BCUT2D eigenvalue weighted by Gasteiger charge is -2.15. The molecule has 11 heteroatoms. The molecule has 0 radical (unpaired) electrons. The maximum absolute atomic E-state index is 12.2. The van der Waals surface area contributed by atoms with Crippen molar-refractivity contribution in [1.29, 1.82) is 0 Å². The molecule has 1 amide bonds. The Bertz CT molecular complexity index is 1270. The molecule has 3 aromatic rings. The van der Waals surface area contributed by atoms with Crippen molar-refractivity contribution in [1.82, 2.24) is 19.7 Å². The highest BCUT2D eigenvalue weighted by molar-refractivity contribution is 7.90. The second-order valence-electron chi connectivity index (χ2n) is 8.16. The van der Waals surface area contributed by atoms with Crippen LogP contribution in [-0.4, -0.2) is 46.4 Å². The van der Waals surface area contributed by atoms with Crippen molar-refractivity contribution >= 4 is 33.1 Å². The van der Waals surface area contributed by atoms with Gasteiger partial charge in [0.1, 0.15) is 17.4 Å². The van der Waals surface area contributed by atoms with Gasteiger partial charge in [0.05, 0.1) is 17.5 Å². The number of aromatic nitrogens is 4. The Labute approximate surface area is 193 Å². The smallest absolute Gasteiger partial charge is 0.222 e. The summed E-state index contributed by atoms with van der Waals surface area (Å²) in [6.45, 7) is 9.12. The minimum atomic E-state index is -3.58. The number of nitrogens with one attached hydrogen (secondary N) is 2. The van der Waals surface area contributed by atoms with E-state index in [0.717, 1.165) is 6.26 Å². The molecule has 2 N–H and O–H groups in total. The standard InChI is InChI=1S/C22H28N6O4S/c1-13(2)28-8-7-18(27-28)17-12-23-20(24-15(5)29)11-19(17)25-21-9-16(32-14(3)4)10-22(26-21)33(6,30)31/h7-14H,1-6H3,(H2,23,24,25,26,29). The highest BCUT2D eigenvalue weighted by atomic mass is 32.2. The monoisotopic (exact) mass is 472 g/mol. The normalized spacial score (nSPS) is 11.6. The summed E-state index contributed by atoms with van der Waals surface area (Å²) in [5.74, 6) is 0.688. The van der Waals surface area contributed by atoms with Crippen LogP contribution >= 0.6 is 0 Å². The average molecular weight is 473 g/mol. The molecule has 0 saturated carbocycles. The Kier molecular flexibility index (Phi) is 7.01. The lowest BCUT2D eigenvalue weighted by atomic mass is 10.1. The number of pyridine rings is 2. The van der Waals surface area contributed by atoms with Crippen molar-refractivity contribution in [2.24, 2.45) is 0 Å². The molecule has 0 aliphatic carbocycles. The van der Waals surface area contributed by atoms with E-state index in [-0.39, 0.29) is 28.9 Å². The Hall–Kier alpha value is -3.47. The average Bonchev–Trinajstić information content (AvgIpc) is 3.16. The fraction of sp³-hybridized carbons (Fsp3) is 0.364. The zero-order valence-electron chi connectivity index (χ0n) is 19.4. The highest BCUT2D eigenvalue weighted by Gasteiger charge is 2.17. The number of nitrogens with zero attached hydrogens (tertiary/aromatic N) is 4. The van der Waals surface area contributed by atoms with Crippen LogP contribution in [0.4, 0.5) is 17.3 Å². The molecule has 0 aliphatic heterocycles. The minimum Gasteiger partial charge on any atom is -0.491 e. The summed E-state index contributed by atoms with van der Waals surface area (Å²) in [6.07, 6.45) is 4.38. The molecule has 3 rings (SSSR count). The zero-order valence-corrected chi connectivity index (χ0v) is 20.3. The molecule has 0 unspecified atom stereocenters. The first kappa shape index (κ1) is 24.2. The Morgan fingerprint density at radius 1 is 1.12 bits per heavy atom. The molecule has 0 aromatic carbocycles. The number of rotatable bonds is 8. The number of carbonyl (C=O) groups excluding carboxylic acids is 1. The summed E-state index contributed by atoms with van der Waals surface area (Å²) < 4.78 is 31.9. The van der Waals surface area contributed by atoms with Crippen LogP contribution in [0.2, 0.25) is 0 Å². The maximum Gasteiger partial charge on any atom is 0.222 e. The van der Waals surface area contributed by atoms with Gasteiger partial charge in [-0.15, -0.1) is 0 Å². The van der Waals surface area contributed by atoms with Crippen molar-refractivity contribution in [2.45, 2.75) is 51.8 Å². The van der Waals surface area contributed by atoms with Crippen LogP contribution in [0.3, 0.4) is 0 Å². The van der Waals surface area contributed by atoms with E-state index in [2.05, 4.69) is 25.7 Å². The molecule has 0 atom stereocenters. The van der Waals surface area contributed by atoms with Gasteiger partial charge in [-0.05, 0) is 33.8 Å². The van der Waals surface area contributed by atoms with Crippen molar-refractivity contribution in [3.8, 4) is 17.0 Å². The summed E-state index contributed by atoms with van der Waals surface area (Å²) in [5, 5.41) is 10.3. The third kappa shape index (κ3) is 6.28. The van der Waals surface area contributed by atoms with E-state index < -0.39 is 9.84 Å². The quantitative estimate of drug-likeness (QED) is 0.506. The predicted octanol–water partition coefficient (Wildman–Crippen LogP) is 3.81. The number of hydrogen-bond acceptors (Lipinski definition) is 8. The predicted molar refractivity (Wildman–Crippen MR) is 127 cm³/mol. The maximum atomic E-state index is 12.2. The van der Waals surface area contributed by atoms with E-state index in [1.54, 1.807) is 18.3 Å². The zero-order chi connectivity index (χ0) is 24.3. The molecule has 0 aliphatic rings. The third-order valence-electron chi connectivity index (χ3n) is 4.41. The van der Waals surface area contributed by atoms with Gasteiger partial charge in [-0.2, -0.15) is 5.10 Å². The molecule has 33 heavy (non-hydrogen) atoms. The van der Waals surface area contributed by atoms with Gasteiger partial charge in [-0.3, -0.25) is 9.48 Å². The molecule has 3 aromatic heterocycles. The first-order valence-electron chi connectivity index (χ1n) is 10.4. The highest BCUT2D eigenvalue weighted by Crippen LogP contribution is 2.32. The van der Waals surface area contributed by atoms with Gasteiger partial charge in [0.15, 0.2) is 14.9 Å². The molecule has 0 bridgehead atoms. The summed E-state index contributed by atoms with van der Waals surface area (Å²) in [4.78, 5) is 20.1. The molecule has 0 saturated heterocycles. The summed E-state index contributed by atoms with van der Waals surface area (Å²) in [6, 6.07) is 6.67. The van der Waals surface area contributed by atoms with Gasteiger partial charge in [0.2, 0.25) is 5.91 Å². The van der Waals surface area contributed by atoms with Crippen LogP contribution in [0, 0.1) is 0 Å². The fourth-order valence-electron chi connectivity index (χ4n) is 2.99. The third-order valence-corrected chi connectivity index (χ3v) is 5.38. The number of ether oxygens (including phenoxy) is 1. The van der Waals surface area contributed by atoms with E-state index in [1.807, 2.05) is 44.6 Å². The van der Waals surface area contributed by atoms with Gasteiger partial charge in [0.25, 0.3) is 0 Å². The van der Waals surface area contributed by atoms with E-state index in [4.69, 9.17) is 4.74 Å². The lowest BCUT2D eigenvalue weighted by molar-refractivity contribution is -0.114.